The molecule has 0 atom stereocenters. The fourth-order valence-corrected chi connectivity index (χ4v) is 4.44. The molecule has 2 aromatic heterocycles. The van der Waals surface area contributed by atoms with Crippen molar-refractivity contribution in [2.24, 2.45) is 0 Å². The molecule has 4 aromatic rings. The van der Waals surface area contributed by atoms with Crippen LogP contribution in [0.25, 0.3) is 22.2 Å². The summed E-state index contributed by atoms with van der Waals surface area (Å²) in [5.74, 6) is 0.805. The number of benzene rings is 2. The molecule has 2 heterocycles. The molecule has 0 aliphatic carbocycles. The van der Waals surface area contributed by atoms with Crippen molar-refractivity contribution in [2.75, 3.05) is 18.4 Å². The third kappa shape index (κ3) is 6.60. The maximum absolute atomic E-state index is 12.5. The summed E-state index contributed by atoms with van der Waals surface area (Å²) >= 11 is 1.63. The number of anilines is 1. The summed E-state index contributed by atoms with van der Waals surface area (Å²) in [5, 5.41) is 12.9. The minimum absolute atomic E-state index is 0.00935. The van der Waals surface area contributed by atoms with Crippen LogP contribution in [0.1, 0.15) is 32.8 Å². The van der Waals surface area contributed by atoms with Crippen molar-refractivity contribution < 1.29 is 4.79 Å². The third-order valence-corrected chi connectivity index (χ3v) is 6.30. The Kier molecular flexibility index (Phi) is 8.36. The lowest BCUT2D eigenvalue weighted by Gasteiger charge is -2.10. The summed E-state index contributed by atoms with van der Waals surface area (Å²) < 4.78 is 1.84. The van der Waals surface area contributed by atoms with Gasteiger partial charge in [0.25, 0.3) is 0 Å². The van der Waals surface area contributed by atoms with Crippen molar-refractivity contribution in [3.63, 3.8) is 0 Å². The van der Waals surface area contributed by atoms with E-state index in [0.717, 1.165) is 46.1 Å². The Labute approximate surface area is 210 Å². The number of thioether (sulfide) groups is 1. The van der Waals surface area contributed by atoms with E-state index in [2.05, 4.69) is 60.8 Å². The molecule has 0 radical (unpaired) electrons. The Hall–Kier alpha value is -3.39. The van der Waals surface area contributed by atoms with Crippen molar-refractivity contribution in [1.82, 2.24) is 25.1 Å². The van der Waals surface area contributed by atoms with Crippen LogP contribution in [-0.4, -0.2) is 44.0 Å². The highest BCUT2D eigenvalue weighted by Gasteiger charge is 2.14. The topological polar surface area (TPSA) is 84.7 Å². The van der Waals surface area contributed by atoms with Gasteiger partial charge in [-0.15, -0.1) is 0 Å². The van der Waals surface area contributed by atoms with E-state index < -0.39 is 0 Å². The van der Waals surface area contributed by atoms with Gasteiger partial charge in [-0.1, -0.05) is 87.1 Å². The molecule has 0 bridgehead atoms. The van der Waals surface area contributed by atoms with E-state index in [4.69, 9.17) is 9.97 Å². The molecule has 0 spiro atoms. The largest absolute Gasteiger partial charge is 0.369 e. The molecule has 35 heavy (non-hydrogen) atoms. The van der Waals surface area contributed by atoms with E-state index in [-0.39, 0.29) is 5.91 Å². The molecular weight excluding hydrogens is 456 g/mol. The lowest BCUT2D eigenvalue weighted by Crippen LogP contribution is -2.28. The summed E-state index contributed by atoms with van der Waals surface area (Å²) in [5.41, 5.74) is 4.08. The smallest absolute Gasteiger partial charge is 0.224 e. The normalized spacial score (nSPS) is 11.2. The zero-order valence-electron chi connectivity index (χ0n) is 20.5. The fraction of sp³-hybridized carbons (Fsp3) is 0.333. The van der Waals surface area contributed by atoms with E-state index in [9.17, 15) is 4.79 Å². The molecule has 0 fully saturated rings. The highest BCUT2D eigenvalue weighted by atomic mass is 32.2. The van der Waals surface area contributed by atoms with Crippen LogP contribution in [-0.2, 0) is 17.8 Å². The van der Waals surface area contributed by atoms with E-state index in [0.29, 0.717) is 24.8 Å². The number of rotatable bonds is 11. The quantitative estimate of drug-likeness (QED) is 0.224. The maximum atomic E-state index is 12.5. The molecule has 2 aromatic carbocycles. The van der Waals surface area contributed by atoms with Gasteiger partial charge in [-0.2, -0.15) is 5.10 Å². The van der Waals surface area contributed by atoms with Gasteiger partial charge in [0.15, 0.2) is 10.8 Å². The zero-order valence-corrected chi connectivity index (χ0v) is 21.3. The van der Waals surface area contributed by atoms with E-state index in [1.807, 2.05) is 35.0 Å². The average Bonchev–Trinajstić information content (AvgIpc) is 3.26. The number of nitrogens with zero attached hydrogens (tertiary/aromatic N) is 4. The second kappa shape index (κ2) is 11.8. The fourth-order valence-electron chi connectivity index (χ4n) is 3.74. The van der Waals surface area contributed by atoms with Crippen LogP contribution < -0.4 is 10.6 Å². The van der Waals surface area contributed by atoms with Crippen LogP contribution in [0.2, 0.25) is 0 Å². The number of nitrogens with one attached hydrogen (secondary N) is 2. The Bertz CT molecular complexity index is 1250. The highest BCUT2D eigenvalue weighted by Crippen LogP contribution is 2.26. The van der Waals surface area contributed by atoms with Crippen molar-refractivity contribution in [1.29, 1.82) is 0 Å². The first-order valence-corrected chi connectivity index (χ1v) is 13.0. The highest BCUT2D eigenvalue weighted by molar-refractivity contribution is 7.99. The Morgan fingerprint density at radius 2 is 1.74 bits per heavy atom. The molecule has 0 unspecified atom stereocenters. The van der Waals surface area contributed by atoms with Gasteiger partial charge >= 0.3 is 0 Å². The number of carbonyl (C=O) groups is 1. The molecule has 4 rings (SSSR count). The predicted molar refractivity (Wildman–Crippen MR) is 144 cm³/mol. The van der Waals surface area contributed by atoms with Crippen molar-refractivity contribution in [3.8, 4) is 11.1 Å². The number of hydrogen-bond acceptors (Lipinski definition) is 6. The molecule has 0 aliphatic rings. The van der Waals surface area contributed by atoms with Crippen LogP contribution >= 0.6 is 11.8 Å². The molecular formula is C27H32N6OS. The Morgan fingerprint density at radius 1 is 1.00 bits per heavy atom. The van der Waals surface area contributed by atoms with Crippen molar-refractivity contribution >= 4 is 34.5 Å². The first-order chi connectivity index (χ1) is 17.0. The van der Waals surface area contributed by atoms with Crippen LogP contribution in [0.4, 0.5) is 5.82 Å². The van der Waals surface area contributed by atoms with Gasteiger partial charge in [0.2, 0.25) is 5.91 Å². The SMILES string of the molecule is CCCNc1nc(SC(C)C)nc2c1cnn2CCNC(=O)Cc1ccc(-c2ccccc2)cc1. The summed E-state index contributed by atoms with van der Waals surface area (Å²) in [6.45, 7) is 8.23. The first kappa shape index (κ1) is 24.7. The summed E-state index contributed by atoms with van der Waals surface area (Å²) in [7, 11) is 0. The number of amides is 1. The average molecular weight is 489 g/mol. The molecule has 8 heteroatoms. The van der Waals surface area contributed by atoms with Crippen LogP contribution in [0.5, 0.6) is 0 Å². The summed E-state index contributed by atoms with van der Waals surface area (Å²) in [6.07, 6.45) is 3.15. The first-order valence-electron chi connectivity index (χ1n) is 12.1. The number of hydrogen-bond donors (Lipinski definition) is 2. The third-order valence-electron chi connectivity index (χ3n) is 5.43. The van der Waals surface area contributed by atoms with Gasteiger partial charge in [-0.3, -0.25) is 4.79 Å². The molecule has 7 nitrogen and oxygen atoms in total. The second-order valence-corrected chi connectivity index (χ2v) is 10.2. The van der Waals surface area contributed by atoms with Crippen molar-refractivity contribution in [3.05, 3.63) is 66.4 Å². The van der Waals surface area contributed by atoms with Crippen LogP contribution in [0.15, 0.2) is 66.0 Å². The summed E-state index contributed by atoms with van der Waals surface area (Å²) in [4.78, 5) is 22.0. The molecule has 1 amide bonds. The molecule has 0 saturated heterocycles. The molecule has 2 N–H and O–H groups in total. The van der Waals surface area contributed by atoms with E-state index in [1.54, 1.807) is 18.0 Å². The molecule has 0 aliphatic heterocycles. The predicted octanol–water partition coefficient (Wildman–Crippen LogP) is 5.17. The van der Waals surface area contributed by atoms with Crippen LogP contribution in [0.3, 0.4) is 0 Å². The maximum Gasteiger partial charge on any atom is 0.224 e. The van der Waals surface area contributed by atoms with Gasteiger partial charge in [-0.25, -0.2) is 14.6 Å². The van der Waals surface area contributed by atoms with E-state index in [1.165, 1.54) is 5.56 Å². The summed E-state index contributed by atoms with van der Waals surface area (Å²) in [6, 6.07) is 18.4. The monoisotopic (exact) mass is 488 g/mol. The second-order valence-electron chi connectivity index (χ2n) is 8.64. The van der Waals surface area contributed by atoms with Gasteiger partial charge < -0.3 is 10.6 Å². The standard InChI is InChI=1S/C27H32N6OS/c1-4-14-29-25-23-18-30-33(26(23)32-27(31-25)35-19(2)3)16-15-28-24(34)17-20-10-12-22(13-11-20)21-8-6-5-7-9-21/h5-13,18-19H,4,14-17H2,1-3H3,(H,28,34)(H,29,31,32). The lowest BCUT2D eigenvalue weighted by molar-refractivity contribution is -0.120. The van der Waals surface area contributed by atoms with Gasteiger partial charge in [0.05, 0.1) is 24.5 Å². The number of fused-ring (bicyclic) bond motifs is 1. The molecule has 0 saturated carbocycles. The number of carbonyl (C=O) groups excluding carboxylic acids is 1. The van der Waals surface area contributed by atoms with Gasteiger partial charge in [-0.05, 0) is 23.1 Å². The van der Waals surface area contributed by atoms with E-state index >= 15 is 0 Å². The van der Waals surface area contributed by atoms with Crippen molar-refractivity contribution in [2.45, 2.75) is 50.6 Å². The van der Waals surface area contributed by atoms with Gasteiger partial charge in [0.1, 0.15) is 5.82 Å². The van der Waals surface area contributed by atoms with Gasteiger partial charge in [0, 0.05) is 18.3 Å². The lowest BCUT2D eigenvalue weighted by atomic mass is 10.0. The zero-order chi connectivity index (χ0) is 24.6. The Balaban J connectivity index is 1.37. The Morgan fingerprint density at radius 3 is 2.46 bits per heavy atom. The number of aromatic nitrogens is 4. The molecule has 182 valence electrons. The van der Waals surface area contributed by atoms with Crippen LogP contribution in [0, 0.1) is 0 Å². The minimum atomic E-state index is -0.00935. The minimum Gasteiger partial charge on any atom is -0.369 e.